The highest BCUT2D eigenvalue weighted by Gasteiger charge is 2.27. The van der Waals surface area contributed by atoms with E-state index >= 15 is 0 Å². The molecule has 0 aliphatic rings. The molecule has 5 nitrogen and oxygen atoms in total. The van der Waals surface area contributed by atoms with Crippen LogP contribution in [0, 0.1) is 0 Å². The molecule has 0 saturated carbocycles. The molecule has 0 saturated heterocycles. The number of halogens is 1. The molecule has 1 aromatic carbocycles. The number of hydrogen-bond acceptors (Lipinski definition) is 5. The average Bonchev–Trinajstić information content (AvgIpc) is 2.53. The highest BCUT2D eigenvalue weighted by molar-refractivity contribution is 6.32. The molecule has 0 aliphatic carbocycles. The number of pyridine rings is 1. The first-order valence-corrected chi connectivity index (χ1v) is 6.45. The molecule has 2 rings (SSSR count). The fraction of sp³-hybridized carbons (Fsp3) is 0.133. The molecule has 0 N–H and O–H groups in total. The van der Waals surface area contributed by atoms with Crippen molar-refractivity contribution in [2.24, 2.45) is 0 Å². The minimum absolute atomic E-state index is 0.0131. The molecule has 21 heavy (non-hydrogen) atoms. The number of carbonyl (C=O) groups excluding carboxylic acids is 2. The van der Waals surface area contributed by atoms with Crippen LogP contribution < -0.4 is 0 Å². The number of carbonyl (C=O) groups is 2. The Morgan fingerprint density at radius 3 is 2.48 bits per heavy atom. The van der Waals surface area contributed by atoms with Crippen LogP contribution in [0.3, 0.4) is 0 Å². The third kappa shape index (κ3) is 3.58. The Balaban J connectivity index is 2.26. The van der Waals surface area contributed by atoms with Gasteiger partial charge in [-0.05, 0) is 12.1 Å². The molecule has 6 heteroatoms. The summed E-state index contributed by atoms with van der Waals surface area (Å²) in [6, 6.07) is 11.6. The Kier molecular flexibility index (Phi) is 4.90. The van der Waals surface area contributed by atoms with Crippen molar-refractivity contribution in [3.63, 3.8) is 0 Å². The Bertz CT molecular complexity index is 645. The van der Waals surface area contributed by atoms with Crippen molar-refractivity contribution < 1.29 is 19.1 Å². The number of methoxy groups -OCH3 is 1. The van der Waals surface area contributed by atoms with Gasteiger partial charge in [0.15, 0.2) is 0 Å². The van der Waals surface area contributed by atoms with Gasteiger partial charge in [-0.15, -0.1) is 0 Å². The van der Waals surface area contributed by atoms with Crippen molar-refractivity contribution in [3.8, 4) is 0 Å². The first-order valence-electron chi connectivity index (χ1n) is 6.07. The van der Waals surface area contributed by atoms with E-state index in [1.165, 1.54) is 19.4 Å². The van der Waals surface area contributed by atoms with Gasteiger partial charge in [-0.25, -0.2) is 14.6 Å². The molecule has 1 aromatic heterocycles. The van der Waals surface area contributed by atoms with Gasteiger partial charge in [-0.3, -0.25) is 0 Å². The number of nitrogens with zero attached hydrogens (tertiary/aromatic N) is 1. The van der Waals surface area contributed by atoms with Gasteiger partial charge in [0.25, 0.3) is 0 Å². The van der Waals surface area contributed by atoms with Gasteiger partial charge >= 0.3 is 11.9 Å². The van der Waals surface area contributed by atoms with Crippen LogP contribution in [-0.4, -0.2) is 24.0 Å². The van der Waals surface area contributed by atoms with E-state index in [9.17, 15) is 9.59 Å². The summed E-state index contributed by atoms with van der Waals surface area (Å²) < 4.78 is 9.89. The van der Waals surface area contributed by atoms with Gasteiger partial charge in [0.1, 0.15) is 5.15 Å². The number of esters is 2. The number of ether oxygens (including phenoxy) is 2. The Morgan fingerprint density at radius 2 is 1.86 bits per heavy atom. The average molecular weight is 306 g/mol. The summed E-state index contributed by atoms with van der Waals surface area (Å²) in [6.45, 7) is 0. The predicted octanol–water partition coefficient (Wildman–Crippen LogP) is 2.81. The zero-order valence-electron chi connectivity index (χ0n) is 11.2. The van der Waals surface area contributed by atoms with E-state index < -0.39 is 18.0 Å². The molecular formula is C15H12ClNO4. The van der Waals surface area contributed by atoms with Gasteiger partial charge in [-0.1, -0.05) is 41.9 Å². The summed E-state index contributed by atoms with van der Waals surface area (Å²) in [5, 5.41) is 0.0131. The zero-order valence-corrected chi connectivity index (χ0v) is 11.9. The molecule has 1 atom stereocenters. The first-order chi connectivity index (χ1) is 10.1. The minimum Gasteiger partial charge on any atom is -0.466 e. The van der Waals surface area contributed by atoms with Gasteiger partial charge in [0.2, 0.25) is 6.10 Å². The number of hydrogen-bond donors (Lipinski definition) is 0. The molecule has 108 valence electrons. The van der Waals surface area contributed by atoms with Crippen molar-refractivity contribution in [3.05, 3.63) is 64.9 Å². The lowest BCUT2D eigenvalue weighted by molar-refractivity contribution is -0.151. The van der Waals surface area contributed by atoms with E-state index in [0.717, 1.165) is 0 Å². The molecule has 0 unspecified atom stereocenters. The van der Waals surface area contributed by atoms with E-state index in [1.807, 2.05) is 0 Å². The summed E-state index contributed by atoms with van der Waals surface area (Å²) >= 11 is 5.83. The van der Waals surface area contributed by atoms with Crippen LogP contribution in [-0.2, 0) is 14.3 Å². The summed E-state index contributed by atoms with van der Waals surface area (Å²) in [6.07, 6.45) is 0.300. The van der Waals surface area contributed by atoms with Crippen LogP contribution in [0.15, 0.2) is 48.7 Å². The van der Waals surface area contributed by atoms with Crippen LogP contribution in [0.25, 0.3) is 0 Å². The van der Waals surface area contributed by atoms with Crippen LogP contribution in [0.1, 0.15) is 22.0 Å². The molecule has 0 radical (unpaired) electrons. The summed E-state index contributed by atoms with van der Waals surface area (Å²) in [7, 11) is 1.23. The maximum Gasteiger partial charge on any atom is 0.351 e. The van der Waals surface area contributed by atoms with Crippen molar-refractivity contribution in [1.29, 1.82) is 0 Å². The molecule has 0 amide bonds. The minimum atomic E-state index is -1.15. The van der Waals surface area contributed by atoms with Crippen molar-refractivity contribution in [2.45, 2.75) is 6.10 Å². The number of rotatable bonds is 4. The topological polar surface area (TPSA) is 65.5 Å². The molecule has 0 spiro atoms. The second kappa shape index (κ2) is 6.85. The van der Waals surface area contributed by atoms with E-state index in [0.29, 0.717) is 5.56 Å². The lowest BCUT2D eigenvalue weighted by Gasteiger charge is -2.16. The predicted molar refractivity (Wildman–Crippen MR) is 75.9 cm³/mol. The molecule has 0 fully saturated rings. The number of benzene rings is 1. The molecule has 0 bridgehead atoms. The van der Waals surface area contributed by atoms with E-state index in [2.05, 4.69) is 9.72 Å². The highest BCUT2D eigenvalue weighted by Crippen LogP contribution is 2.22. The van der Waals surface area contributed by atoms with Crippen LogP contribution in [0.2, 0.25) is 5.15 Å². The largest absolute Gasteiger partial charge is 0.466 e. The molecule has 1 heterocycles. The lowest BCUT2D eigenvalue weighted by Crippen LogP contribution is -2.21. The zero-order chi connectivity index (χ0) is 15.2. The Labute approximate surface area is 126 Å². The van der Waals surface area contributed by atoms with E-state index in [4.69, 9.17) is 16.3 Å². The maximum atomic E-state index is 12.1. The second-order valence-corrected chi connectivity index (χ2v) is 4.42. The first kappa shape index (κ1) is 15.0. The van der Waals surface area contributed by atoms with Crippen molar-refractivity contribution >= 4 is 23.5 Å². The molecule has 0 aliphatic heterocycles. The molecule has 2 aromatic rings. The van der Waals surface area contributed by atoms with E-state index in [1.54, 1.807) is 36.4 Å². The fourth-order valence-electron chi connectivity index (χ4n) is 1.70. The summed E-state index contributed by atoms with van der Waals surface area (Å²) in [4.78, 5) is 27.7. The highest BCUT2D eigenvalue weighted by atomic mass is 35.5. The second-order valence-electron chi connectivity index (χ2n) is 4.06. The summed E-state index contributed by atoms with van der Waals surface area (Å²) in [5.74, 6) is -1.41. The fourth-order valence-corrected chi connectivity index (χ4v) is 1.89. The SMILES string of the molecule is COC(=O)[C@@H](OC(=O)c1cccnc1Cl)c1ccccc1. The van der Waals surface area contributed by atoms with Crippen LogP contribution >= 0.6 is 11.6 Å². The van der Waals surface area contributed by atoms with Gasteiger partial charge < -0.3 is 9.47 Å². The van der Waals surface area contributed by atoms with Crippen LogP contribution in [0.5, 0.6) is 0 Å². The molecular weight excluding hydrogens is 294 g/mol. The quantitative estimate of drug-likeness (QED) is 0.642. The maximum absolute atomic E-state index is 12.1. The number of aromatic nitrogens is 1. The van der Waals surface area contributed by atoms with Crippen molar-refractivity contribution in [1.82, 2.24) is 4.98 Å². The van der Waals surface area contributed by atoms with E-state index in [-0.39, 0.29) is 10.7 Å². The Morgan fingerprint density at radius 1 is 1.14 bits per heavy atom. The van der Waals surface area contributed by atoms with Crippen LogP contribution in [0.4, 0.5) is 0 Å². The lowest BCUT2D eigenvalue weighted by atomic mass is 10.1. The summed E-state index contributed by atoms with van der Waals surface area (Å²) in [5.41, 5.74) is 0.599. The smallest absolute Gasteiger partial charge is 0.351 e. The Hall–Kier alpha value is -2.40. The monoisotopic (exact) mass is 305 g/mol. The van der Waals surface area contributed by atoms with Gasteiger partial charge in [0.05, 0.1) is 12.7 Å². The normalized spacial score (nSPS) is 11.5. The van der Waals surface area contributed by atoms with Gasteiger partial charge in [-0.2, -0.15) is 0 Å². The van der Waals surface area contributed by atoms with Crippen molar-refractivity contribution in [2.75, 3.05) is 7.11 Å². The van der Waals surface area contributed by atoms with Gasteiger partial charge in [0, 0.05) is 11.8 Å². The third-order valence-electron chi connectivity index (χ3n) is 2.72. The third-order valence-corrected chi connectivity index (χ3v) is 3.02. The standard InChI is InChI=1S/C15H12ClNO4/c1-20-15(19)12(10-6-3-2-4-7-10)21-14(18)11-8-5-9-17-13(11)16/h2-9,12H,1H3/t12-/m0/s1.